The van der Waals surface area contributed by atoms with Crippen molar-refractivity contribution in [3.63, 3.8) is 0 Å². The quantitative estimate of drug-likeness (QED) is 0.702. The fraction of sp³-hybridized carbons (Fsp3) is 0.211. The summed E-state index contributed by atoms with van der Waals surface area (Å²) in [5.74, 6) is 1.10. The molecule has 0 fully saturated rings. The van der Waals surface area contributed by atoms with E-state index in [9.17, 15) is 0 Å². The summed E-state index contributed by atoms with van der Waals surface area (Å²) in [6.07, 6.45) is 7.16. The summed E-state index contributed by atoms with van der Waals surface area (Å²) in [5, 5.41) is 0.903. The van der Waals surface area contributed by atoms with Gasteiger partial charge in [0.1, 0.15) is 11.8 Å². The van der Waals surface area contributed by atoms with E-state index in [-0.39, 0.29) is 5.92 Å². The van der Waals surface area contributed by atoms with Crippen molar-refractivity contribution in [1.82, 2.24) is 15.0 Å². The Morgan fingerprint density at radius 3 is 2.80 bits per heavy atom. The Morgan fingerprint density at radius 2 is 2.00 bits per heavy atom. The average Bonchev–Trinajstić information content (AvgIpc) is 2.68. The zero-order valence-electron chi connectivity index (χ0n) is 14.1. The number of fused-ring (bicyclic) bond motifs is 2. The summed E-state index contributed by atoms with van der Waals surface area (Å²) in [7, 11) is 1.69. The Kier molecular flexibility index (Phi) is 4.38. The summed E-state index contributed by atoms with van der Waals surface area (Å²) >= 11 is 1.65. The first-order valence-electron chi connectivity index (χ1n) is 8.07. The molecule has 0 saturated carbocycles. The predicted molar refractivity (Wildman–Crippen MR) is 98.4 cm³/mol. The Morgan fingerprint density at radius 1 is 1.12 bits per heavy atom. The zero-order valence-corrected chi connectivity index (χ0v) is 14.9. The van der Waals surface area contributed by atoms with Crippen LogP contribution in [0.2, 0.25) is 0 Å². The molecule has 25 heavy (non-hydrogen) atoms. The van der Waals surface area contributed by atoms with E-state index in [0.29, 0.717) is 6.73 Å². The van der Waals surface area contributed by atoms with E-state index in [1.54, 1.807) is 37.5 Å². The minimum absolute atomic E-state index is 0.261. The van der Waals surface area contributed by atoms with Crippen molar-refractivity contribution in [3.8, 4) is 0 Å². The number of aromatic nitrogens is 3. The van der Waals surface area contributed by atoms with Gasteiger partial charge in [-0.05, 0) is 29.3 Å². The van der Waals surface area contributed by atoms with Crippen LogP contribution in [0.15, 0.2) is 65.0 Å². The van der Waals surface area contributed by atoms with Crippen molar-refractivity contribution in [2.45, 2.75) is 22.8 Å². The van der Waals surface area contributed by atoms with E-state index in [1.165, 1.54) is 11.1 Å². The number of anilines is 2. The molecule has 0 bridgehead atoms. The molecule has 0 amide bonds. The molecule has 1 unspecified atom stereocenters. The highest BCUT2D eigenvalue weighted by molar-refractivity contribution is 7.99. The third kappa shape index (κ3) is 2.99. The second-order valence-electron chi connectivity index (χ2n) is 5.87. The third-order valence-electron chi connectivity index (χ3n) is 4.33. The van der Waals surface area contributed by atoms with Crippen LogP contribution in [0.5, 0.6) is 0 Å². The van der Waals surface area contributed by atoms with Gasteiger partial charge >= 0.3 is 0 Å². The third-order valence-corrected chi connectivity index (χ3v) is 5.37. The molecular formula is C19H18N4OS. The molecule has 3 heterocycles. The average molecular weight is 350 g/mol. The number of nitrogens with zero attached hydrogens (tertiary/aromatic N) is 4. The van der Waals surface area contributed by atoms with Crippen LogP contribution in [0.3, 0.4) is 0 Å². The van der Waals surface area contributed by atoms with Crippen LogP contribution in [0, 0.1) is 0 Å². The van der Waals surface area contributed by atoms with Crippen LogP contribution < -0.4 is 4.90 Å². The maximum atomic E-state index is 5.42. The van der Waals surface area contributed by atoms with Crippen molar-refractivity contribution in [1.29, 1.82) is 0 Å². The molecule has 4 rings (SSSR count). The van der Waals surface area contributed by atoms with Gasteiger partial charge in [0.2, 0.25) is 0 Å². The lowest BCUT2D eigenvalue weighted by atomic mass is 9.94. The first-order valence-corrected chi connectivity index (χ1v) is 8.89. The molecule has 1 atom stereocenters. The lowest BCUT2D eigenvalue weighted by Crippen LogP contribution is -2.24. The number of hydrogen-bond donors (Lipinski definition) is 0. The van der Waals surface area contributed by atoms with Gasteiger partial charge in [0.25, 0.3) is 0 Å². The molecule has 5 nitrogen and oxygen atoms in total. The monoisotopic (exact) mass is 350 g/mol. The van der Waals surface area contributed by atoms with E-state index < -0.39 is 0 Å². The molecule has 0 radical (unpaired) electrons. The number of benzene rings is 1. The lowest BCUT2D eigenvalue weighted by Gasteiger charge is -2.31. The van der Waals surface area contributed by atoms with Gasteiger partial charge in [0, 0.05) is 42.7 Å². The first-order chi connectivity index (χ1) is 12.3. The Bertz CT molecular complexity index is 888. The van der Waals surface area contributed by atoms with Gasteiger partial charge in [-0.1, -0.05) is 30.8 Å². The maximum absolute atomic E-state index is 5.42. The summed E-state index contributed by atoms with van der Waals surface area (Å²) in [5.41, 5.74) is 3.54. The van der Waals surface area contributed by atoms with E-state index >= 15 is 0 Å². The summed E-state index contributed by atoms with van der Waals surface area (Å²) in [6, 6.07) is 10.6. The minimum atomic E-state index is 0.261. The molecule has 1 aliphatic heterocycles. The molecule has 0 N–H and O–H groups in total. The second-order valence-corrected chi connectivity index (χ2v) is 6.90. The highest BCUT2D eigenvalue weighted by atomic mass is 32.2. The van der Waals surface area contributed by atoms with Crippen molar-refractivity contribution in [2.24, 2.45) is 0 Å². The summed E-state index contributed by atoms with van der Waals surface area (Å²) in [4.78, 5) is 16.4. The molecule has 1 aliphatic rings. The Balaban J connectivity index is 1.76. The standard InChI is InChI=1S/C19H18N4OS/c1-13(15-4-3-7-20-11-15)14-5-6-17-16(10-14)23(12-24-2)18-19(25-17)22-9-8-21-18/h3-11,13H,12H2,1-2H3. The van der Waals surface area contributed by atoms with Crippen LogP contribution >= 0.6 is 11.8 Å². The van der Waals surface area contributed by atoms with Crippen LogP contribution in [0.1, 0.15) is 24.0 Å². The molecule has 6 heteroatoms. The molecular weight excluding hydrogens is 332 g/mol. The summed E-state index contributed by atoms with van der Waals surface area (Å²) < 4.78 is 5.42. The van der Waals surface area contributed by atoms with Gasteiger partial charge in [0.05, 0.1) is 5.69 Å². The smallest absolute Gasteiger partial charge is 0.168 e. The molecule has 2 aromatic heterocycles. The van der Waals surface area contributed by atoms with Crippen LogP contribution in [-0.2, 0) is 4.74 Å². The highest BCUT2D eigenvalue weighted by Gasteiger charge is 2.26. The number of ether oxygens (including phenoxy) is 1. The van der Waals surface area contributed by atoms with Crippen LogP contribution in [0.4, 0.5) is 11.5 Å². The fourth-order valence-electron chi connectivity index (χ4n) is 2.98. The number of rotatable bonds is 4. The topological polar surface area (TPSA) is 51.1 Å². The highest BCUT2D eigenvalue weighted by Crippen LogP contribution is 2.46. The van der Waals surface area contributed by atoms with E-state index in [1.807, 2.05) is 12.3 Å². The van der Waals surface area contributed by atoms with Gasteiger partial charge in [-0.3, -0.25) is 9.88 Å². The maximum Gasteiger partial charge on any atom is 0.168 e. The lowest BCUT2D eigenvalue weighted by molar-refractivity contribution is 0.204. The van der Waals surface area contributed by atoms with Gasteiger partial charge in [-0.2, -0.15) is 0 Å². The van der Waals surface area contributed by atoms with Crippen molar-refractivity contribution in [3.05, 3.63) is 66.2 Å². The SMILES string of the molecule is COCN1c2cc(C(C)c3cccnc3)ccc2Sc2nccnc21. The first kappa shape index (κ1) is 16.1. The van der Waals surface area contributed by atoms with Crippen LogP contribution in [-0.4, -0.2) is 28.8 Å². The van der Waals surface area contributed by atoms with E-state index in [4.69, 9.17) is 4.74 Å². The van der Waals surface area contributed by atoms with E-state index in [0.717, 1.165) is 21.4 Å². The van der Waals surface area contributed by atoms with Gasteiger partial charge in [0.15, 0.2) is 5.82 Å². The number of pyridine rings is 1. The molecule has 126 valence electrons. The van der Waals surface area contributed by atoms with Gasteiger partial charge in [-0.15, -0.1) is 0 Å². The summed E-state index contributed by atoms with van der Waals surface area (Å²) in [6.45, 7) is 2.63. The van der Waals surface area contributed by atoms with Gasteiger partial charge in [-0.25, -0.2) is 9.97 Å². The molecule has 1 aromatic carbocycles. The zero-order chi connectivity index (χ0) is 17.2. The second kappa shape index (κ2) is 6.82. The fourth-order valence-corrected chi connectivity index (χ4v) is 3.96. The normalized spacial score (nSPS) is 13.9. The predicted octanol–water partition coefficient (Wildman–Crippen LogP) is 4.23. The minimum Gasteiger partial charge on any atom is -0.364 e. The number of methoxy groups -OCH3 is 1. The molecule has 0 saturated heterocycles. The number of hydrogen-bond acceptors (Lipinski definition) is 6. The molecule has 3 aromatic rings. The Hall–Kier alpha value is -2.44. The van der Waals surface area contributed by atoms with Gasteiger partial charge < -0.3 is 4.74 Å². The largest absolute Gasteiger partial charge is 0.364 e. The molecule has 0 aliphatic carbocycles. The molecule has 0 spiro atoms. The van der Waals surface area contributed by atoms with Crippen LogP contribution in [0.25, 0.3) is 0 Å². The van der Waals surface area contributed by atoms with Crippen molar-refractivity contribution in [2.75, 3.05) is 18.7 Å². The Labute approximate surface area is 151 Å². The van der Waals surface area contributed by atoms with Crippen molar-refractivity contribution >= 4 is 23.3 Å². The van der Waals surface area contributed by atoms with Crippen molar-refractivity contribution < 1.29 is 4.74 Å². The van der Waals surface area contributed by atoms with E-state index in [2.05, 4.69) is 51.0 Å².